The number of carbonyl (C=O) groups excluding carboxylic acids is 1. The van der Waals surface area contributed by atoms with Gasteiger partial charge < -0.3 is 10.1 Å². The van der Waals surface area contributed by atoms with Crippen molar-refractivity contribution in [3.05, 3.63) is 59.4 Å². The van der Waals surface area contributed by atoms with Crippen LogP contribution in [0.1, 0.15) is 18.4 Å². The molecule has 1 heterocycles. The van der Waals surface area contributed by atoms with E-state index in [1.54, 1.807) is 10.7 Å². The molecule has 134 valence electrons. The molecule has 0 radical (unpaired) electrons. The normalized spacial score (nSPS) is 10.5. The fourth-order valence-electron chi connectivity index (χ4n) is 2.33. The van der Waals surface area contributed by atoms with Gasteiger partial charge >= 0.3 is 0 Å². The van der Waals surface area contributed by atoms with Crippen LogP contribution in [0.4, 0.5) is 5.69 Å². The second-order valence-electron chi connectivity index (χ2n) is 5.71. The Hall–Kier alpha value is -2.93. The van der Waals surface area contributed by atoms with Crippen LogP contribution in [0.15, 0.2) is 48.8 Å². The minimum atomic E-state index is -0.0592. The van der Waals surface area contributed by atoms with Crippen molar-refractivity contribution >= 4 is 23.2 Å². The van der Waals surface area contributed by atoms with Crippen LogP contribution >= 0.6 is 11.6 Å². The second kappa shape index (κ2) is 8.44. The first kappa shape index (κ1) is 17.9. The zero-order valence-electron chi connectivity index (χ0n) is 14.2. The van der Waals surface area contributed by atoms with Crippen molar-refractivity contribution in [1.82, 2.24) is 20.2 Å². The Morgan fingerprint density at radius 2 is 2.04 bits per heavy atom. The average molecular weight is 372 g/mol. The number of nitrogens with zero attached hydrogens (tertiary/aromatic N) is 4. The number of hydrogen-bond acceptors (Lipinski definition) is 5. The van der Waals surface area contributed by atoms with Gasteiger partial charge in [0.25, 0.3) is 0 Å². The summed E-state index contributed by atoms with van der Waals surface area (Å²) in [6.45, 7) is 2.39. The van der Waals surface area contributed by atoms with Crippen LogP contribution in [0, 0.1) is 6.92 Å². The summed E-state index contributed by atoms with van der Waals surface area (Å²) in [5.41, 5.74) is 2.51. The number of rotatable bonds is 7. The molecule has 0 fully saturated rings. The first-order valence-corrected chi connectivity index (χ1v) is 8.52. The molecule has 0 unspecified atom stereocenters. The Bertz CT molecular complexity index is 866. The largest absolute Gasteiger partial charge is 0.494 e. The highest BCUT2D eigenvalue weighted by Crippen LogP contribution is 2.21. The highest BCUT2D eigenvalue weighted by atomic mass is 35.5. The van der Waals surface area contributed by atoms with Crippen LogP contribution in [0.2, 0.25) is 5.02 Å². The van der Waals surface area contributed by atoms with E-state index in [2.05, 4.69) is 20.8 Å². The molecular weight excluding hydrogens is 354 g/mol. The first-order valence-electron chi connectivity index (χ1n) is 8.14. The quantitative estimate of drug-likeness (QED) is 0.643. The Labute approximate surface area is 155 Å². The SMILES string of the molecule is Cc1cc(OCCCC(=O)Nc2ccc(-n3cnnn3)cc2)ccc1Cl. The number of nitrogens with one attached hydrogen (secondary N) is 1. The Kier molecular flexibility index (Phi) is 5.80. The van der Waals surface area contributed by atoms with E-state index < -0.39 is 0 Å². The third kappa shape index (κ3) is 4.80. The zero-order chi connectivity index (χ0) is 18.4. The number of benzene rings is 2. The van der Waals surface area contributed by atoms with Gasteiger partial charge in [-0.15, -0.1) is 5.10 Å². The summed E-state index contributed by atoms with van der Waals surface area (Å²) in [4.78, 5) is 12.0. The topological polar surface area (TPSA) is 81.9 Å². The second-order valence-corrected chi connectivity index (χ2v) is 6.12. The minimum Gasteiger partial charge on any atom is -0.494 e. The van der Waals surface area contributed by atoms with E-state index in [0.717, 1.165) is 22.7 Å². The van der Waals surface area contributed by atoms with Crippen molar-refractivity contribution < 1.29 is 9.53 Å². The molecule has 7 nitrogen and oxygen atoms in total. The van der Waals surface area contributed by atoms with Crippen molar-refractivity contribution in [1.29, 1.82) is 0 Å². The monoisotopic (exact) mass is 371 g/mol. The summed E-state index contributed by atoms with van der Waals surface area (Å²) in [7, 11) is 0. The molecule has 3 aromatic rings. The van der Waals surface area contributed by atoms with E-state index in [9.17, 15) is 4.79 Å². The van der Waals surface area contributed by atoms with E-state index in [1.165, 1.54) is 6.33 Å². The van der Waals surface area contributed by atoms with Crippen molar-refractivity contribution in [3.63, 3.8) is 0 Å². The van der Waals surface area contributed by atoms with Crippen molar-refractivity contribution in [3.8, 4) is 11.4 Å². The molecule has 1 amide bonds. The molecule has 26 heavy (non-hydrogen) atoms. The molecule has 8 heteroatoms. The Morgan fingerprint density at radius 1 is 1.23 bits per heavy atom. The lowest BCUT2D eigenvalue weighted by Gasteiger charge is -2.08. The predicted octanol–water partition coefficient (Wildman–Crippen LogP) is 3.42. The number of tetrazole rings is 1. The maximum absolute atomic E-state index is 12.0. The third-order valence-corrected chi connectivity index (χ3v) is 4.14. The van der Waals surface area contributed by atoms with Gasteiger partial charge in [-0.3, -0.25) is 4.79 Å². The number of anilines is 1. The van der Waals surface area contributed by atoms with Crippen LogP contribution in [0.25, 0.3) is 5.69 Å². The van der Waals surface area contributed by atoms with Crippen LogP contribution in [-0.2, 0) is 4.79 Å². The highest BCUT2D eigenvalue weighted by Gasteiger charge is 2.04. The van der Waals surface area contributed by atoms with Crippen molar-refractivity contribution in [2.45, 2.75) is 19.8 Å². The van der Waals surface area contributed by atoms with Crippen LogP contribution < -0.4 is 10.1 Å². The number of aromatic nitrogens is 4. The van der Waals surface area contributed by atoms with E-state index in [4.69, 9.17) is 16.3 Å². The molecule has 0 aliphatic carbocycles. The standard InChI is InChI=1S/C18H18ClN5O2/c1-13-11-16(8-9-17(13)19)26-10-2-3-18(25)21-14-4-6-15(7-5-14)24-12-20-22-23-24/h4-9,11-12H,2-3,10H2,1H3,(H,21,25). The fraction of sp³-hybridized carbons (Fsp3) is 0.222. The van der Waals surface area contributed by atoms with E-state index in [1.807, 2.05) is 43.3 Å². The molecule has 2 aromatic carbocycles. The van der Waals surface area contributed by atoms with Gasteiger partial charge in [0.2, 0.25) is 5.91 Å². The molecule has 0 aliphatic rings. The lowest BCUT2D eigenvalue weighted by molar-refractivity contribution is -0.116. The summed E-state index contributed by atoms with van der Waals surface area (Å²) in [5, 5.41) is 14.5. The van der Waals surface area contributed by atoms with Gasteiger partial charge in [-0.2, -0.15) is 0 Å². The van der Waals surface area contributed by atoms with Crippen LogP contribution in [0.3, 0.4) is 0 Å². The summed E-state index contributed by atoms with van der Waals surface area (Å²) in [6, 6.07) is 12.8. The van der Waals surface area contributed by atoms with Gasteiger partial charge in [-0.25, -0.2) is 4.68 Å². The van der Waals surface area contributed by atoms with Crippen LogP contribution in [-0.4, -0.2) is 32.7 Å². The lowest BCUT2D eigenvalue weighted by Crippen LogP contribution is -2.12. The summed E-state index contributed by atoms with van der Waals surface area (Å²) in [5.74, 6) is 0.696. The maximum atomic E-state index is 12.0. The summed E-state index contributed by atoms with van der Waals surface area (Å²) < 4.78 is 7.18. The molecule has 0 saturated carbocycles. The van der Waals surface area contributed by atoms with Gasteiger partial charge in [0.1, 0.15) is 12.1 Å². The number of aryl methyl sites for hydroxylation is 1. The number of carbonyl (C=O) groups is 1. The number of ether oxygens (including phenoxy) is 1. The maximum Gasteiger partial charge on any atom is 0.224 e. The molecule has 0 spiro atoms. The molecule has 0 saturated heterocycles. The first-order chi connectivity index (χ1) is 12.6. The van der Waals surface area contributed by atoms with Gasteiger partial charge in [0.05, 0.1) is 12.3 Å². The zero-order valence-corrected chi connectivity index (χ0v) is 15.0. The van der Waals surface area contributed by atoms with Gasteiger partial charge in [0, 0.05) is 17.1 Å². The molecule has 0 atom stereocenters. The molecule has 0 bridgehead atoms. The minimum absolute atomic E-state index is 0.0592. The van der Waals surface area contributed by atoms with Crippen LogP contribution in [0.5, 0.6) is 5.75 Å². The van der Waals surface area contributed by atoms with E-state index >= 15 is 0 Å². The van der Waals surface area contributed by atoms with E-state index in [-0.39, 0.29) is 5.91 Å². The molecule has 1 N–H and O–H groups in total. The highest BCUT2D eigenvalue weighted by molar-refractivity contribution is 6.31. The lowest BCUT2D eigenvalue weighted by atomic mass is 10.2. The number of hydrogen-bond donors (Lipinski definition) is 1. The van der Waals surface area contributed by atoms with Crippen molar-refractivity contribution in [2.24, 2.45) is 0 Å². The third-order valence-electron chi connectivity index (χ3n) is 3.71. The predicted molar refractivity (Wildman–Crippen MR) is 98.7 cm³/mol. The number of halogens is 1. The molecule has 1 aromatic heterocycles. The van der Waals surface area contributed by atoms with Gasteiger partial charge in [-0.1, -0.05) is 11.6 Å². The van der Waals surface area contributed by atoms with Crippen molar-refractivity contribution in [2.75, 3.05) is 11.9 Å². The fourth-order valence-corrected chi connectivity index (χ4v) is 2.45. The Morgan fingerprint density at radius 3 is 2.73 bits per heavy atom. The Balaban J connectivity index is 1.42. The van der Waals surface area contributed by atoms with Gasteiger partial charge in [0.15, 0.2) is 0 Å². The average Bonchev–Trinajstić information content (AvgIpc) is 3.17. The molecule has 0 aliphatic heterocycles. The van der Waals surface area contributed by atoms with E-state index in [0.29, 0.717) is 24.5 Å². The summed E-state index contributed by atoms with van der Waals surface area (Å²) >= 11 is 5.98. The molecule has 3 rings (SSSR count). The number of amides is 1. The summed E-state index contributed by atoms with van der Waals surface area (Å²) in [6.07, 6.45) is 2.51. The van der Waals surface area contributed by atoms with Gasteiger partial charge in [-0.05, 0) is 71.8 Å². The smallest absolute Gasteiger partial charge is 0.224 e. The molecular formula is C18H18ClN5O2.